The highest BCUT2D eigenvalue weighted by Crippen LogP contribution is 2.25. The molecule has 2 rings (SSSR count). The van der Waals surface area contributed by atoms with Crippen molar-refractivity contribution in [3.05, 3.63) is 41.7 Å². The summed E-state index contributed by atoms with van der Waals surface area (Å²) < 4.78 is 5.15. The molecule has 0 spiro atoms. The lowest BCUT2D eigenvalue weighted by molar-refractivity contribution is 0.202. The highest BCUT2D eigenvalue weighted by atomic mass is 16.5. The number of hydrazine groups is 1. The van der Waals surface area contributed by atoms with Gasteiger partial charge in [0.15, 0.2) is 0 Å². The summed E-state index contributed by atoms with van der Waals surface area (Å²) in [7, 11) is 1.70. The van der Waals surface area contributed by atoms with Gasteiger partial charge >= 0.3 is 0 Å². The van der Waals surface area contributed by atoms with Gasteiger partial charge in [0.1, 0.15) is 18.0 Å². The zero-order valence-electron chi connectivity index (χ0n) is 12.4. The number of nitrogen functional groups attached to an aromatic ring is 1. The van der Waals surface area contributed by atoms with Crippen LogP contribution in [0.25, 0.3) is 0 Å². The van der Waals surface area contributed by atoms with E-state index in [1.54, 1.807) is 7.11 Å². The molecule has 0 aliphatic rings. The van der Waals surface area contributed by atoms with E-state index in [0.717, 1.165) is 29.9 Å². The summed E-state index contributed by atoms with van der Waals surface area (Å²) in [5, 5.41) is 3.37. The first kappa shape index (κ1) is 15.2. The van der Waals surface area contributed by atoms with E-state index in [-0.39, 0.29) is 0 Å². The van der Waals surface area contributed by atoms with Gasteiger partial charge in [0.05, 0.1) is 6.61 Å². The molecule has 0 saturated heterocycles. The molecule has 0 atom stereocenters. The van der Waals surface area contributed by atoms with Crippen molar-refractivity contribution in [1.82, 2.24) is 9.97 Å². The van der Waals surface area contributed by atoms with Gasteiger partial charge in [-0.3, -0.25) is 0 Å². The van der Waals surface area contributed by atoms with E-state index in [2.05, 4.69) is 26.8 Å². The van der Waals surface area contributed by atoms with E-state index in [1.807, 2.05) is 25.1 Å². The number of benzene rings is 1. The molecule has 0 amide bonds. The Balaban J connectivity index is 2.30. The van der Waals surface area contributed by atoms with E-state index >= 15 is 0 Å². The van der Waals surface area contributed by atoms with Crippen LogP contribution < -0.4 is 16.6 Å². The van der Waals surface area contributed by atoms with Gasteiger partial charge in [-0.25, -0.2) is 15.8 Å². The molecular weight excluding hydrogens is 266 g/mol. The maximum Gasteiger partial charge on any atom is 0.148 e. The number of ether oxygens (including phenoxy) is 1. The maximum absolute atomic E-state index is 5.50. The molecule has 0 aliphatic carbocycles. The number of hydrogen-bond donors (Lipinski definition) is 3. The third-order valence-corrected chi connectivity index (χ3v) is 3.28. The summed E-state index contributed by atoms with van der Waals surface area (Å²) in [5.41, 5.74) is 5.77. The van der Waals surface area contributed by atoms with Crippen LogP contribution in [0.15, 0.2) is 30.6 Å². The largest absolute Gasteiger partial charge is 0.384 e. The first-order valence-electron chi connectivity index (χ1n) is 6.94. The van der Waals surface area contributed by atoms with Gasteiger partial charge in [0.25, 0.3) is 0 Å². The number of nitrogens with one attached hydrogen (secondary N) is 2. The van der Waals surface area contributed by atoms with Gasteiger partial charge < -0.3 is 15.5 Å². The number of para-hydroxylation sites is 1. The quantitative estimate of drug-likeness (QED) is 0.535. The van der Waals surface area contributed by atoms with Crippen molar-refractivity contribution >= 4 is 17.3 Å². The SMILES string of the molecule is CCc1c(NN)ncnc1Nc1ccccc1CCOC. The van der Waals surface area contributed by atoms with Crippen LogP contribution in [0, 0.1) is 0 Å². The monoisotopic (exact) mass is 287 g/mol. The normalized spacial score (nSPS) is 10.4. The second kappa shape index (κ2) is 7.56. The number of aromatic nitrogens is 2. The van der Waals surface area contributed by atoms with E-state index in [0.29, 0.717) is 12.4 Å². The Morgan fingerprint density at radius 3 is 2.67 bits per heavy atom. The average molecular weight is 287 g/mol. The first-order valence-corrected chi connectivity index (χ1v) is 6.94. The van der Waals surface area contributed by atoms with Crippen molar-refractivity contribution in [3.63, 3.8) is 0 Å². The fourth-order valence-corrected chi connectivity index (χ4v) is 2.18. The Labute approximate surface area is 124 Å². The fraction of sp³-hybridized carbons (Fsp3) is 0.333. The Hall–Kier alpha value is -2.18. The van der Waals surface area contributed by atoms with Gasteiger partial charge in [-0.1, -0.05) is 25.1 Å². The standard InChI is InChI=1S/C15H21N5O/c1-3-12-14(17-10-18-15(12)20-16)19-13-7-5-4-6-11(13)8-9-21-2/h4-7,10H,3,8-9,16H2,1-2H3,(H2,17,18,19,20). The Bertz CT molecular complexity index is 588. The van der Waals surface area contributed by atoms with Gasteiger partial charge in [-0.15, -0.1) is 0 Å². The number of rotatable bonds is 7. The lowest BCUT2D eigenvalue weighted by Crippen LogP contribution is -2.13. The van der Waals surface area contributed by atoms with Crippen molar-refractivity contribution in [2.24, 2.45) is 5.84 Å². The lowest BCUT2D eigenvalue weighted by Gasteiger charge is -2.15. The molecule has 4 N–H and O–H groups in total. The molecule has 21 heavy (non-hydrogen) atoms. The van der Waals surface area contributed by atoms with E-state index in [9.17, 15) is 0 Å². The number of anilines is 3. The molecule has 2 aromatic rings. The predicted molar refractivity (Wildman–Crippen MR) is 84.5 cm³/mol. The predicted octanol–water partition coefficient (Wildman–Crippen LogP) is 2.26. The van der Waals surface area contributed by atoms with Crippen molar-refractivity contribution < 1.29 is 4.74 Å². The molecule has 1 heterocycles. The Kier molecular flexibility index (Phi) is 5.48. The number of methoxy groups -OCH3 is 1. The van der Waals surface area contributed by atoms with Crippen LogP contribution in [0.4, 0.5) is 17.3 Å². The third-order valence-electron chi connectivity index (χ3n) is 3.28. The molecule has 1 aromatic carbocycles. The minimum Gasteiger partial charge on any atom is -0.384 e. The molecule has 0 aliphatic heterocycles. The average Bonchev–Trinajstić information content (AvgIpc) is 2.53. The van der Waals surface area contributed by atoms with Crippen LogP contribution in [-0.2, 0) is 17.6 Å². The molecule has 0 radical (unpaired) electrons. The second-order valence-corrected chi connectivity index (χ2v) is 4.57. The zero-order chi connectivity index (χ0) is 15.1. The molecule has 0 fully saturated rings. The maximum atomic E-state index is 5.50. The Morgan fingerprint density at radius 2 is 1.95 bits per heavy atom. The van der Waals surface area contributed by atoms with Crippen LogP contribution in [-0.4, -0.2) is 23.7 Å². The molecule has 6 nitrogen and oxygen atoms in total. The number of nitrogens with two attached hydrogens (primary N) is 1. The summed E-state index contributed by atoms with van der Waals surface area (Å²) in [6, 6.07) is 8.12. The summed E-state index contributed by atoms with van der Waals surface area (Å²) in [4.78, 5) is 8.46. The molecule has 112 valence electrons. The summed E-state index contributed by atoms with van der Waals surface area (Å²) >= 11 is 0. The van der Waals surface area contributed by atoms with Crippen molar-refractivity contribution in [1.29, 1.82) is 0 Å². The smallest absolute Gasteiger partial charge is 0.148 e. The minimum absolute atomic E-state index is 0.643. The van der Waals surface area contributed by atoms with Crippen LogP contribution >= 0.6 is 0 Å². The van der Waals surface area contributed by atoms with Gasteiger partial charge in [-0.2, -0.15) is 0 Å². The highest BCUT2D eigenvalue weighted by molar-refractivity contribution is 5.66. The van der Waals surface area contributed by atoms with Crippen LogP contribution in [0.3, 0.4) is 0 Å². The number of nitrogens with zero attached hydrogens (tertiary/aromatic N) is 2. The van der Waals surface area contributed by atoms with Gasteiger partial charge in [-0.05, 0) is 24.5 Å². The fourth-order valence-electron chi connectivity index (χ4n) is 2.18. The molecular formula is C15H21N5O. The van der Waals surface area contributed by atoms with Crippen LogP contribution in [0.2, 0.25) is 0 Å². The van der Waals surface area contributed by atoms with Crippen molar-refractivity contribution in [2.45, 2.75) is 19.8 Å². The Morgan fingerprint density at radius 1 is 1.19 bits per heavy atom. The van der Waals surface area contributed by atoms with Crippen LogP contribution in [0.5, 0.6) is 0 Å². The second-order valence-electron chi connectivity index (χ2n) is 4.57. The molecule has 6 heteroatoms. The minimum atomic E-state index is 0.643. The van der Waals surface area contributed by atoms with Crippen molar-refractivity contribution in [3.8, 4) is 0 Å². The van der Waals surface area contributed by atoms with E-state index in [4.69, 9.17) is 10.6 Å². The molecule has 0 unspecified atom stereocenters. The van der Waals surface area contributed by atoms with E-state index < -0.39 is 0 Å². The summed E-state index contributed by atoms with van der Waals surface area (Å²) in [5.74, 6) is 6.91. The topological polar surface area (TPSA) is 85.1 Å². The van der Waals surface area contributed by atoms with E-state index in [1.165, 1.54) is 11.9 Å². The van der Waals surface area contributed by atoms with Gasteiger partial charge in [0.2, 0.25) is 0 Å². The lowest BCUT2D eigenvalue weighted by atomic mass is 10.1. The van der Waals surface area contributed by atoms with Crippen LogP contribution in [0.1, 0.15) is 18.1 Å². The molecule has 0 bridgehead atoms. The zero-order valence-corrected chi connectivity index (χ0v) is 12.4. The number of hydrogen-bond acceptors (Lipinski definition) is 6. The van der Waals surface area contributed by atoms with Crippen molar-refractivity contribution in [2.75, 3.05) is 24.5 Å². The third kappa shape index (κ3) is 3.68. The first-order chi connectivity index (χ1) is 10.3. The van der Waals surface area contributed by atoms with Gasteiger partial charge in [0, 0.05) is 18.4 Å². The summed E-state index contributed by atoms with van der Waals surface area (Å²) in [6.45, 7) is 2.72. The molecule has 1 aromatic heterocycles. The summed E-state index contributed by atoms with van der Waals surface area (Å²) in [6.07, 6.45) is 3.12. The molecule has 0 saturated carbocycles. The highest BCUT2D eigenvalue weighted by Gasteiger charge is 2.10.